The highest BCUT2D eigenvalue weighted by molar-refractivity contribution is 7.88. The summed E-state index contributed by atoms with van der Waals surface area (Å²) >= 11 is 12.3. The normalized spacial score (nSPS) is 23.0. The summed E-state index contributed by atoms with van der Waals surface area (Å²) in [6.07, 6.45) is 3.06. The zero-order valence-electron chi connectivity index (χ0n) is 16.4. The molecule has 0 aromatic heterocycles. The van der Waals surface area contributed by atoms with Crippen LogP contribution < -0.4 is 4.74 Å². The number of hydrogen-bond acceptors (Lipinski definition) is 5. The van der Waals surface area contributed by atoms with Gasteiger partial charge < -0.3 is 4.74 Å². The molecular weight excluding hydrogens is 445 g/mol. The van der Waals surface area contributed by atoms with E-state index in [4.69, 9.17) is 33.0 Å². The van der Waals surface area contributed by atoms with Crippen LogP contribution in [0.1, 0.15) is 36.4 Å². The number of para-hydroxylation sites is 1. The Kier molecular flexibility index (Phi) is 4.78. The Balaban J connectivity index is 1.54. The Morgan fingerprint density at radius 2 is 1.83 bits per heavy atom. The highest BCUT2D eigenvalue weighted by atomic mass is 35.5. The summed E-state index contributed by atoms with van der Waals surface area (Å²) in [5.74, 6) is 0.845. The summed E-state index contributed by atoms with van der Waals surface area (Å²) in [6, 6.07) is 13.6. The molecule has 0 radical (unpaired) electrons. The van der Waals surface area contributed by atoms with Crippen molar-refractivity contribution in [1.29, 1.82) is 0 Å². The first-order valence-corrected chi connectivity index (χ1v) is 12.4. The van der Waals surface area contributed by atoms with Crippen LogP contribution in [-0.2, 0) is 10.0 Å². The Morgan fingerprint density at radius 1 is 1.10 bits per heavy atom. The summed E-state index contributed by atoms with van der Waals surface area (Å²) in [4.78, 5) is 0. The first kappa shape index (κ1) is 20.1. The van der Waals surface area contributed by atoms with Crippen LogP contribution in [-0.4, -0.2) is 48.5 Å². The quantitative estimate of drug-likeness (QED) is 0.663. The van der Waals surface area contributed by atoms with Crippen LogP contribution in [0.5, 0.6) is 5.75 Å². The van der Waals surface area contributed by atoms with E-state index in [9.17, 15) is 8.42 Å². The molecule has 1 spiro atoms. The van der Waals surface area contributed by atoms with Gasteiger partial charge in [-0.05, 0) is 23.8 Å². The lowest BCUT2D eigenvalue weighted by Crippen LogP contribution is -2.59. The third kappa shape index (κ3) is 3.28. The van der Waals surface area contributed by atoms with E-state index in [2.05, 4.69) is 6.07 Å². The molecule has 0 amide bonds. The maximum atomic E-state index is 12.0. The monoisotopic (exact) mass is 465 g/mol. The Labute approximate surface area is 186 Å². The maximum Gasteiger partial charge on any atom is 0.211 e. The molecule has 30 heavy (non-hydrogen) atoms. The van der Waals surface area contributed by atoms with E-state index in [0.717, 1.165) is 29.0 Å². The molecule has 3 heterocycles. The molecule has 3 aliphatic rings. The van der Waals surface area contributed by atoms with E-state index in [1.165, 1.54) is 10.6 Å². The van der Waals surface area contributed by atoms with Crippen LogP contribution >= 0.6 is 23.2 Å². The van der Waals surface area contributed by atoms with Gasteiger partial charge in [-0.25, -0.2) is 17.7 Å². The van der Waals surface area contributed by atoms with Crippen molar-refractivity contribution in [2.75, 3.05) is 19.3 Å². The molecule has 6 nitrogen and oxygen atoms in total. The van der Waals surface area contributed by atoms with Gasteiger partial charge in [0.25, 0.3) is 0 Å². The molecule has 2 aromatic carbocycles. The molecule has 5 rings (SSSR count). The van der Waals surface area contributed by atoms with Crippen LogP contribution in [0.15, 0.2) is 47.6 Å². The highest BCUT2D eigenvalue weighted by Crippen LogP contribution is 2.50. The first-order valence-electron chi connectivity index (χ1n) is 9.82. The fourth-order valence-corrected chi connectivity index (χ4v) is 5.72. The molecular formula is C21H21Cl2N3O3S. The Hall–Kier alpha value is -1.80. The highest BCUT2D eigenvalue weighted by Gasteiger charge is 2.52. The summed E-state index contributed by atoms with van der Waals surface area (Å²) in [7, 11) is -3.23. The fourth-order valence-electron chi connectivity index (χ4n) is 4.58. The number of piperidine rings is 1. The minimum Gasteiger partial charge on any atom is -0.466 e. The van der Waals surface area contributed by atoms with Gasteiger partial charge in [0.1, 0.15) is 5.75 Å². The summed E-state index contributed by atoms with van der Waals surface area (Å²) in [6.45, 7) is 0.809. The molecule has 0 aliphatic carbocycles. The number of rotatable bonds is 2. The van der Waals surface area contributed by atoms with Crippen molar-refractivity contribution in [3.63, 3.8) is 0 Å². The van der Waals surface area contributed by atoms with Gasteiger partial charge in [-0.15, -0.1) is 0 Å². The van der Waals surface area contributed by atoms with Crippen LogP contribution in [0.25, 0.3) is 0 Å². The van der Waals surface area contributed by atoms with Crippen molar-refractivity contribution in [1.82, 2.24) is 9.31 Å². The molecule has 158 valence electrons. The lowest BCUT2D eigenvalue weighted by atomic mass is 9.91. The molecule has 0 unspecified atom stereocenters. The topological polar surface area (TPSA) is 62.2 Å². The fraction of sp³-hybridized carbons (Fsp3) is 0.381. The third-order valence-electron chi connectivity index (χ3n) is 6.13. The van der Waals surface area contributed by atoms with Gasteiger partial charge in [-0.1, -0.05) is 47.5 Å². The second kappa shape index (κ2) is 7.12. The second-order valence-corrected chi connectivity index (χ2v) is 10.8. The molecule has 2 aromatic rings. The first-order chi connectivity index (χ1) is 14.3. The van der Waals surface area contributed by atoms with Crippen molar-refractivity contribution in [2.24, 2.45) is 5.10 Å². The second-order valence-electron chi connectivity index (χ2n) is 7.99. The molecule has 0 N–H and O–H groups in total. The molecule has 0 bridgehead atoms. The molecule has 1 saturated heterocycles. The summed E-state index contributed by atoms with van der Waals surface area (Å²) in [5, 5.41) is 8.02. The SMILES string of the molecule is CS(=O)(=O)N1CCC2(CC1)Oc1ccccc1[C@H]1CC(c3ccc(Cl)c(Cl)c3)=NN12. The number of sulfonamides is 1. The predicted octanol–water partition coefficient (Wildman–Crippen LogP) is 4.29. The number of ether oxygens (including phenoxy) is 1. The molecule has 1 fully saturated rings. The van der Waals surface area contributed by atoms with E-state index in [1.807, 2.05) is 35.3 Å². The molecule has 9 heteroatoms. The van der Waals surface area contributed by atoms with Gasteiger partial charge in [0.2, 0.25) is 15.7 Å². The number of hydrazone groups is 1. The minimum absolute atomic E-state index is 0.0317. The third-order valence-corrected chi connectivity index (χ3v) is 8.17. The van der Waals surface area contributed by atoms with Crippen molar-refractivity contribution in [3.05, 3.63) is 63.6 Å². The average Bonchev–Trinajstić information content (AvgIpc) is 3.17. The van der Waals surface area contributed by atoms with Crippen molar-refractivity contribution >= 4 is 38.9 Å². The van der Waals surface area contributed by atoms with Crippen molar-refractivity contribution < 1.29 is 13.2 Å². The van der Waals surface area contributed by atoms with Gasteiger partial charge in [-0.2, -0.15) is 5.10 Å². The van der Waals surface area contributed by atoms with Crippen molar-refractivity contribution in [3.8, 4) is 5.75 Å². The minimum atomic E-state index is -3.23. The zero-order chi connectivity index (χ0) is 21.1. The lowest BCUT2D eigenvalue weighted by Gasteiger charge is -2.50. The smallest absolute Gasteiger partial charge is 0.211 e. The average molecular weight is 466 g/mol. The van der Waals surface area contributed by atoms with Gasteiger partial charge in [-0.3, -0.25) is 0 Å². The Bertz CT molecular complexity index is 1140. The number of hydrogen-bond donors (Lipinski definition) is 0. The van der Waals surface area contributed by atoms with Gasteiger partial charge in [0.15, 0.2) is 0 Å². The van der Waals surface area contributed by atoms with E-state index in [1.54, 1.807) is 6.07 Å². The van der Waals surface area contributed by atoms with Crippen LogP contribution in [0.3, 0.4) is 0 Å². The number of benzene rings is 2. The van der Waals surface area contributed by atoms with Crippen LogP contribution in [0.2, 0.25) is 10.0 Å². The largest absolute Gasteiger partial charge is 0.466 e. The number of halogens is 2. The summed E-state index contributed by atoms with van der Waals surface area (Å²) < 4.78 is 32.0. The molecule has 0 saturated carbocycles. The number of fused-ring (bicyclic) bond motifs is 4. The lowest BCUT2D eigenvalue weighted by molar-refractivity contribution is -0.143. The zero-order valence-corrected chi connectivity index (χ0v) is 18.7. The van der Waals surface area contributed by atoms with Gasteiger partial charge in [0, 0.05) is 37.9 Å². The predicted molar refractivity (Wildman–Crippen MR) is 118 cm³/mol. The maximum absolute atomic E-state index is 12.0. The van der Waals surface area contributed by atoms with E-state index < -0.39 is 15.7 Å². The van der Waals surface area contributed by atoms with Gasteiger partial charge in [0.05, 0.1) is 28.1 Å². The number of nitrogens with zero attached hydrogens (tertiary/aromatic N) is 3. The van der Waals surface area contributed by atoms with Crippen LogP contribution in [0.4, 0.5) is 0 Å². The van der Waals surface area contributed by atoms with Crippen molar-refractivity contribution in [2.45, 2.75) is 31.0 Å². The Morgan fingerprint density at radius 3 is 2.53 bits per heavy atom. The summed E-state index contributed by atoms with van der Waals surface area (Å²) in [5.41, 5.74) is 2.27. The van der Waals surface area contributed by atoms with Crippen LogP contribution in [0, 0.1) is 0 Å². The molecule has 3 aliphatic heterocycles. The van der Waals surface area contributed by atoms with E-state index in [0.29, 0.717) is 36.0 Å². The van der Waals surface area contributed by atoms with E-state index >= 15 is 0 Å². The molecule has 1 atom stereocenters. The standard InChI is InChI=1S/C21H21Cl2N3O3S/c1-30(27,28)25-10-8-21(9-11-25)26-19(15-4-2-3-5-20(15)29-21)13-18(24-26)14-6-7-16(22)17(23)12-14/h2-7,12,19H,8-11,13H2,1H3/t19-/m1/s1. The van der Waals surface area contributed by atoms with Gasteiger partial charge >= 0.3 is 0 Å². The van der Waals surface area contributed by atoms with E-state index in [-0.39, 0.29) is 6.04 Å².